The Labute approximate surface area is 163 Å². The fourth-order valence-electron chi connectivity index (χ4n) is 2.36. The van der Waals surface area contributed by atoms with E-state index in [9.17, 15) is 10.1 Å². The second-order valence-electron chi connectivity index (χ2n) is 5.41. The standard InChI is InChI=1S/C21H19N3O4/c1-3-27-18-7-5-4-6-17(18)24-21(25)16(14-23)12-15-8-9-19(28-11-10-22)20(13-15)26-2/h4-9,12-13H,3,11H2,1-2H3,(H,24,25)/b16-12+. The van der Waals surface area contributed by atoms with Crippen LogP contribution in [0.5, 0.6) is 17.2 Å². The fraction of sp³-hybridized carbons (Fsp3) is 0.190. The molecular weight excluding hydrogens is 358 g/mol. The van der Waals surface area contributed by atoms with E-state index in [4.69, 9.17) is 19.5 Å². The van der Waals surface area contributed by atoms with Crippen molar-refractivity contribution in [3.05, 3.63) is 53.6 Å². The van der Waals surface area contributed by atoms with Crippen molar-refractivity contribution in [2.45, 2.75) is 6.92 Å². The predicted octanol–water partition coefficient (Wildman–Crippen LogP) is 3.54. The number of nitrogens with zero attached hydrogens (tertiary/aromatic N) is 2. The van der Waals surface area contributed by atoms with E-state index in [2.05, 4.69) is 5.32 Å². The Morgan fingerprint density at radius 2 is 1.89 bits per heavy atom. The first-order valence-electron chi connectivity index (χ1n) is 8.45. The SMILES string of the molecule is CCOc1ccccc1NC(=O)/C(C#N)=C/c1ccc(OCC#N)c(OC)c1. The number of ether oxygens (including phenoxy) is 3. The molecule has 1 amide bonds. The number of anilines is 1. The van der Waals surface area contributed by atoms with E-state index in [1.807, 2.05) is 19.1 Å². The van der Waals surface area contributed by atoms with Gasteiger partial charge in [0.05, 0.1) is 19.4 Å². The van der Waals surface area contributed by atoms with E-state index in [0.717, 1.165) is 0 Å². The first kappa shape index (κ1) is 20.3. The topological polar surface area (TPSA) is 104 Å². The first-order valence-corrected chi connectivity index (χ1v) is 8.45. The van der Waals surface area contributed by atoms with Gasteiger partial charge in [0.15, 0.2) is 18.1 Å². The average Bonchev–Trinajstić information content (AvgIpc) is 2.72. The highest BCUT2D eigenvalue weighted by atomic mass is 16.5. The Balaban J connectivity index is 2.25. The van der Waals surface area contributed by atoms with Crippen LogP contribution in [-0.4, -0.2) is 26.2 Å². The van der Waals surface area contributed by atoms with Crippen LogP contribution in [0, 0.1) is 22.7 Å². The molecule has 0 fully saturated rings. The monoisotopic (exact) mass is 377 g/mol. The Bertz CT molecular complexity index is 955. The number of methoxy groups -OCH3 is 1. The van der Waals surface area contributed by atoms with Crippen molar-refractivity contribution in [3.63, 3.8) is 0 Å². The molecule has 0 radical (unpaired) electrons. The number of amides is 1. The summed E-state index contributed by atoms with van der Waals surface area (Å²) in [5.41, 5.74) is 0.971. The highest BCUT2D eigenvalue weighted by Crippen LogP contribution is 2.29. The molecule has 0 bridgehead atoms. The van der Waals surface area contributed by atoms with E-state index >= 15 is 0 Å². The zero-order valence-corrected chi connectivity index (χ0v) is 15.6. The van der Waals surface area contributed by atoms with Crippen molar-refractivity contribution in [1.82, 2.24) is 0 Å². The molecule has 0 atom stereocenters. The molecule has 142 valence electrons. The third kappa shape index (κ3) is 5.26. The van der Waals surface area contributed by atoms with Crippen molar-refractivity contribution >= 4 is 17.7 Å². The van der Waals surface area contributed by atoms with Gasteiger partial charge in [0, 0.05) is 0 Å². The van der Waals surface area contributed by atoms with Gasteiger partial charge in [-0.1, -0.05) is 18.2 Å². The van der Waals surface area contributed by atoms with Crippen molar-refractivity contribution in [3.8, 4) is 29.4 Å². The van der Waals surface area contributed by atoms with Crippen LogP contribution in [0.3, 0.4) is 0 Å². The average molecular weight is 377 g/mol. The molecule has 0 unspecified atom stereocenters. The Kier molecular flexibility index (Phi) is 7.44. The third-order valence-corrected chi connectivity index (χ3v) is 3.59. The van der Waals surface area contributed by atoms with Crippen molar-refractivity contribution in [1.29, 1.82) is 10.5 Å². The van der Waals surface area contributed by atoms with Gasteiger partial charge in [0.25, 0.3) is 5.91 Å². The summed E-state index contributed by atoms with van der Waals surface area (Å²) in [6.07, 6.45) is 1.44. The Hall–Kier alpha value is -3.97. The lowest BCUT2D eigenvalue weighted by Gasteiger charge is -2.11. The van der Waals surface area contributed by atoms with Gasteiger partial charge in [-0.3, -0.25) is 4.79 Å². The zero-order valence-electron chi connectivity index (χ0n) is 15.6. The van der Waals surface area contributed by atoms with Crippen LogP contribution < -0.4 is 19.5 Å². The molecule has 0 aliphatic rings. The molecular formula is C21H19N3O4. The van der Waals surface area contributed by atoms with Gasteiger partial charge in [-0.15, -0.1) is 0 Å². The molecule has 0 aromatic heterocycles. The van der Waals surface area contributed by atoms with Crippen molar-refractivity contribution in [2.75, 3.05) is 25.6 Å². The number of hydrogen-bond donors (Lipinski definition) is 1. The molecule has 2 rings (SSSR count). The van der Waals surface area contributed by atoms with Crippen LogP contribution in [0.25, 0.3) is 6.08 Å². The number of para-hydroxylation sites is 2. The van der Waals surface area contributed by atoms with Crippen LogP contribution in [0.15, 0.2) is 48.0 Å². The van der Waals surface area contributed by atoms with Gasteiger partial charge in [-0.25, -0.2) is 0 Å². The molecule has 0 aliphatic heterocycles. The second kappa shape index (κ2) is 10.2. The summed E-state index contributed by atoms with van der Waals surface area (Å²) < 4.78 is 16.0. The van der Waals surface area contributed by atoms with Gasteiger partial charge in [-0.2, -0.15) is 10.5 Å². The van der Waals surface area contributed by atoms with Crippen molar-refractivity contribution in [2.24, 2.45) is 0 Å². The molecule has 0 aliphatic carbocycles. The van der Waals surface area contributed by atoms with E-state index in [-0.39, 0.29) is 12.2 Å². The predicted molar refractivity (Wildman–Crippen MR) is 104 cm³/mol. The fourth-order valence-corrected chi connectivity index (χ4v) is 2.36. The smallest absolute Gasteiger partial charge is 0.266 e. The lowest BCUT2D eigenvalue weighted by Crippen LogP contribution is -2.14. The van der Waals surface area contributed by atoms with Crippen LogP contribution >= 0.6 is 0 Å². The van der Waals surface area contributed by atoms with Crippen LogP contribution in [-0.2, 0) is 4.79 Å². The number of nitriles is 2. The van der Waals surface area contributed by atoms with Gasteiger partial charge < -0.3 is 19.5 Å². The summed E-state index contributed by atoms with van der Waals surface area (Å²) in [6.45, 7) is 2.18. The minimum Gasteiger partial charge on any atom is -0.493 e. The largest absolute Gasteiger partial charge is 0.493 e. The summed E-state index contributed by atoms with van der Waals surface area (Å²) in [5, 5.41) is 20.7. The number of nitrogens with one attached hydrogen (secondary N) is 1. The number of carbonyl (C=O) groups excluding carboxylic acids is 1. The van der Waals surface area contributed by atoms with Crippen LogP contribution in [0.1, 0.15) is 12.5 Å². The first-order chi connectivity index (χ1) is 13.6. The molecule has 0 spiro atoms. The van der Waals surface area contributed by atoms with Crippen LogP contribution in [0.4, 0.5) is 5.69 Å². The lowest BCUT2D eigenvalue weighted by atomic mass is 10.1. The molecule has 7 heteroatoms. The normalized spacial score (nSPS) is 10.4. The summed E-state index contributed by atoms with van der Waals surface area (Å²) in [4.78, 5) is 12.5. The summed E-state index contributed by atoms with van der Waals surface area (Å²) in [5.74, 6) is 0.757. The van der Waals surface area contributed by atoms with Crippen LogP contribution in [0.2, 0.25) is 0 Å². The molecule has 1 N–H and O–H groups in total. The van der Waals surface area contributed by atoms with E-state index in [1.54, 1.807) is 42.5 Å². The summed E-state index contributed by atoms with van der Waals surface area (Å²) >= 11 is 0. The highest BCUT2D eigenvalue weighted by Gasteiger charge is 2.13. The molecule has 2 aromatic rings. The molecule has 0 heterocycles. The quantitative estimate of drug-likeness (QED) is 0.557. The highest BCUT2D eigenvalue weighted by molar-refractivity contribution is 6.10. The third-order valence-electron chi connectivity index (χ3n) is 3.59. The minimum atomic E-state index is -0.557. The summed E-state index contributed by atoms with van der Waals surface area (Å²) in [7, 11) is 1.46. The number of carbonyl (C=O) groups is 1. The molecule has 7 nitrogen and oxygen atoms in total. The molecule has 0 saturated heterocycles. The van der Waals surface area contributed by atoms with Gasteiger partial charge in [0.2, 0.25) is 0 Å². The lowest BCUT2D eigenvalue weighted by molar-refractivity contribution is -0.112. The number of benzene rings is 2. The Morgan fingerprint density at radius 1 is 1.11 bits per heavy atom. The summed E-state index contributed by atoms with van der Waals surface area (Å²) in [6, 6.07) is 15.7. The molecule has 28 heavy (non-hydrogen) atoms. The second-order valence-corrected chi connectivity index (χ2v) is 5.41. The minimum absolute atomic E-state index is 0.0842. The van der Waals surface area contributed by atoms with E-state index in [0.29, 0.717) is 35.1 Å². The maximum atomic E-state index is 12.5. The van der Waals surface area contributed by atoms with Gasteiger partial charge in [0.1, 0.15) is 23.5 Å². The zero-order chi connectivity index (χ0) is 20.4. The maximum absolute atomic E-state index is 12.5. The molecule has 2 aromatic carbocycles. The Morgan fingerprint density at radius 3 is 2.57 bits per heavy atom. The number of rotatable bonds is 8. The number of hydrogen-bond acceptors (Lipinski definition) is 6. The van der Waals surface area contributed by atoms with E-state index < -0.39 is 5.91 Å². The van der Waals surface area contributed by atoms with Crippen molar-refractivity contribution < 1.29 is 19.0 Å². The van der Waals surface area contributed by atoms with Gasteiger partial charge in [-0.05, 0) is 42.8 Å². The molecule has 0 saturated carbocycles. The maximum Gasteiger partial charge on any atom is 0.266 e. The van der Waals surface area contributed by atoms with Gasteiger partial charge >= 0.3 is 0 Å². The van der Waals surface area contributed by atoms with E-state index in [1.165, 1.54) is 13.2 Å².